The number of carbonyl (C=O) groups excluding carboxylic acids is 2. The minimum atomic E-state index is -0.789. The Hall–Kier alpha value is -2.17. The molecule has 4 aliphatic rings. The molecule has 1 N–H and O–H groups in total. The molecule has 3 aliphatic carbocycles. The van der Waals surface area contributed by atoms with Gasteiger partial charge in [0, 0.05) is 18.2 Å². The van der Waals surface area contributed by atoms with Crippen molar-refractivity contribution in [1.82, 2.24) is 4.90 Å². The molecular formula is C26H33FN2O2. The van der Waals surface area contributed by atoms with Crippen LogP contribution in [-0.2, 0) is 9.59 Å². The molecule has 3 fully saturated rings. The number of fused-ring (bicyclic) bond motifs is 5. The summed E-state index contributed by atoms with van der Waals surface area (Å²) >= 11 is 0. The Bertz CT molecular complexity index is 958. The largest absolute Gasteiger partial charge is 0.323 e. The highest BCUT2D eigenvalue weighted by Gasteiger charge is 2.59. The number of carbonyl (C=O) groups is 2. The van der Waals surface area contributed by atoms with Gasteiger partial charge in [-0.25, -0.2) is 4.39 Å². The lowest BCUT2D eigenvalue weighted by Crippen LogP contribution is -2.57. The van der Waals surface area contributed by atoms with Gasteiger partial charge < -0.3 is 10.2 Å². The molecule has 2 amide bonds. The Balaban J connectivity index is 1.45. The van der Waals surface area contributed by atoms with Crippen LogP contribution in [0.5, 0.6) is 0 Å². The highest BCUT2D eigenvalue weighted by molar-refractivity contribution is 6.07. The van der Waals surface area contributed by atoms with Crippen LogP contribution in [0.4, 0.5) is 10.1 Å². The number of amides is 2. The number of benzene rings is 1. The fourth-order valence-corrected chi connectivity index (χ4v) is 7.70. The van der Waals surface area contributed by atoms with E-state index in [0.29, 0.717) is 23.7 Å². The van der Waals surface area contributed by atoms with Gasteiger partial charge in [0.1, 0.15) is 11.7 Å². The van der Waals surface area contributed by atoms with Crippen LogP contribution in [0.25, 0.3) is 0 Å². The molecule has 1 saturated heterocycles. The van der Waals surface area contributed by atoms with Gasteiger partial charge in [0.05, 0.1) is 5.69 Å². The maximum absolute atomic E-state index is 14.1. The molecule has 0 aromatic heterocycles. The molecule has 1 aromatic carbocycles. The minimum absolute atomic E-state index is 0.135. The zero-order chi connectivity index (χ0) is 22.0. The number of piperidine rings is 1. The summed E-state index contributed by atoms with van der Waals surface area (Å²) in [6.07, 6.45) is 10.2. The van der Waals surface area contributed by atoms with E-state index in [2.05, 4.69) is 25.2 Å². The summed E-state index contributed by atoms with van der Waals surface area (Å²) in [5.74, 6) is 0.0138. The standard InChI is InChI=1S/C26H33FN2O2/c1-25-13-6-7-18(25)16-10-11-22-26(2,19(16)12-14-25)15-17(24(31)29(22)3)23(30)28-21-9-5-4-8-20(21)27/h4-5,8-9,11,16-19H,6-7,10,12-15H2,1-3H3,(H,28,30)/t16-,17?,18-,19+,25-,26+/m0/s1. The average Bonchev–Trinajstić information content (AvgIpc) is 3.14. The zero-order valence-corrected chi connectivity index (χ0v) is 18.8. The first-order valence-corrected chi connectivity index (χ1v) is 11.8. The number of allylic oxidation sites excluding steroid dienone is 2. The van der Waals surface area contributed by atoms with E-state index in [1.54, 1.807) is 24.1 Å². The molecule has 1 unspecified atom stereocenters. The molecule has 1 aliphatic heterocycles. The molecule has 0 radical (unpaired) electrons. The Morgan fingerprint density at radius 2 is 1.94 bits per heavy atom. The predicted molar refractivity (Wildman–Crippen MR) is 118 cm³/mol. The number of hydrogen-bond acceptors (Lipinski definition) is 2. The van der Waals surface area contributed by atoms with E-state index >= 15 is 0 Å². The Morgan fingerprint density at radius 1 is 1.16 bits per heavy atom. The van der Waals surface area contributed by atoms with Crippen molar-refractivity contribution in [2.45, 2.75) is 58.8 Å². The number of likely N-dealkylation sites (tertiary alicyclic amines) is 1. The van der Waals surface area contributed by atoms with Gasteiger partial charge in [0.25, 0.3) is 0 Å². The molecule has 166 valence electrons. The van der Waals surface area contributed by atoms with Crippen LogP contribution in [0.2, 0.25) is 0 Å². The highest BCUT2D eigenvalue weighted by Crippen LogP contribution is 2.64. The third-order valence-electron chi connectivity index (χ3n) is 9.27. The fraction of sp³-hybridized carbons (Fsp3) is 0.615. The number of rotatable bonds is 2. The van der Waals surface area contributed by atoms with E-state index in [0.717, 1.165) is 24.5 Å². The summed E-state index contributed by atoms with van der Waals surface area (Å²) in [7, 11) is 1.80. The SMILES string of the molecule is CN1C(=O)C(C(=O)Nc2ccccc2F)C[C@@]2(C)C1=CC[C@@H]1[C@H]2CC[C@]2(C)CCC[C@@H]12. The quantitative estimate of drug-likeness (QED) is 0.649. The van der Waals surface area contributed by atoms with Crippen LogP contribution in [0.3, 0.4) is 0 Å². The Labute approximate surface area is 184 Å². The van der Waals surface area contributed by atoms with Crippen molar-refractivity contribution in [1.29, 1.82) is 0 Å². The minimum Gasteiger partial charge on any atom is -0.323 e. The zero-order valence-electron chi connectivity index (χ0n) is 18.8. The molecule has 4 nitrogen and oxygen atoms in total. The van der Waals surface area contributed by atoms with Crippen LogP contribution in [-0.4, -0.2) is 23.8 Å². The normalized spacial score (nSPS) is 39.3. The van der Waals surface area contributed by atoms with Gasteiger partial charge in [-0.1, -0.05) is 38.5 Å². The van der Waals surface area contributed by atoms with Gasteiger partial charge in [-0.2, -0.15) is 0 Å². The second-order valence-corrected chi connectivity index (χ2v) is 10.8. The van der Waals surface area contributed by atoms with E-state index in [9.17, 15) is 14.0 Å². The highest BCUT2D eigenvalue weighted by atomic mass is 19.1. The first-order chi connectivity index (χ1) is 14.7. The summed E-state index contributed by atoms with van der Waals surface area (Å²) in [4.78, 5) is 28.0. The maximum Gasteiger partial charge on any atom is 0.239 e. The summed E-state index contributed by atoms with van der Waals surface area (Å²) in [6.45, 7) is 4.74. The molecule has 31 heavy (non-hydrogen) atoms. The smallest absolute Gasteiger partial charge is 0.239 e. The van der Waals surface area contributed by atoms with Crippen molar-refractivity contribution in [3.8, 4) is 0 Å². The van der Waals surface area contributed by atoms with E-state index in [4.69, 9.17) is 0 Å². The fourth-order valence-electron chi connectivity index (χ4n) is 7.70. The first-order valence-electron chi connectivity index (χ1n) is 11.8. The molecule has 1 aromatic rings. The molecule has 1 heterocycles. The van der Waals surface area contributed by atoms with E-state index in [1.165, 1.54) is 37.8 Å². The average molecular weight is 425 g/mol. The number of nitrogens with zero attached hydrogens (tertiary/aromatic N) is 1. The first kappa shape index (κ1) is 20.7. The van der Waals surface area contributed by atoms with Gasteiger partial charge in [0.15, 0.2) is 0 Å². The molecule has 5 rings (SSSR count). The van der Waals surface area contributed by atoms with Crippen LogP contribution >= 0.6 is 0 Å². The van der Waals surface area contributed by atoms with Crippen molar-refractivity contribution in [3.05, 3.63) is 41.9 Å². The molecule has 5 heteroatoms. The monoisotopic (exact) mass is 424 g/mol. The summed E-state index contributed by atoms with van der Waals surface area (Å²) in [5.41, 5.74) is 1.48. The molecule has 2 saturated carbocycles. The van der Waals surface area contributed by atoms with Crippen LogP contribution < -0.4 is 5.32 Å². The van der Waals surface area contributed by atoms with Crippen molar-refractivity contribution < 1.29 is 14.0 Å². The lowest BCUT2D eigenvalue weighted by atomic mass is 9.49. The summed E-state index contributed by atoms with van der Waals surface area (Å²) < 4.78 is 14.1. The lowest BCUT2D eigenvalue weighted by Gasteiger charge is -2.58. The molecule has 0 bridgehead atoms. The number of nitrogens with one attached hydrogen (secondary N) is 1. The Kier molecular flexibility index (Phi) is 4.80. The number of hydrogen-bond donors (Lipinski definition) is 1. The van der Waals surface area contributed by atoms with Gasteiger partial charge in [0.2, 0.25) is 11.8 Å². The van der Waals surface area contributed by atoms with Gasteiger partial charge in [-0.3, -0.25) is 9.59 Å². The second kappa shape index (κ2) is 7.18. The summed E-state index contributed by atoms with van der Waals surface area (Å²) in [6, 6.07) is 6.13. The molecular weight excluding hydrogens is 391 g/mol. The number of anilines is 1. The van der Waals surface area contributed by atoms with Crippen molar-refractivity contribution in [3.63, 3.8) is 0 Å². The van der Waals surface area contributed by atoms with Crippen molar-refractivity contribution >= 4 is 17.5 Å². The van der Waals surface area contributed by atoms with Crippen LogP contribution in [0, 0.1) is 40.3 Å². The lowest BCUT2D eigenvalue weighted by molar-refractivity contribution is -0.147. The number of halogens is 1. The van der Waals surface area contributed by atoms with E-state index in [-0.39, 0.29) is 17.0 Å². The third kappa shape index (κ3) is 3.07. The molecule has 6 atom stereocenters. The Morgan fingerprint density at radius 3 is 2.71 bits per heavy atom. The topological polar surface area (TPSA) is 49.4 Å². The molecule has 0 spiro atoms. The summed E-state index contributed by atoms with van der Waals surface area (Å²) in [5, 5.41) is 2.68. The third-order valence-corrected chi connectivity index (χ3v) is 9.27. The van der Waals surface area contributed by atoms with Gasteiger partial charge >= 0.3 is 0 Å². The van der Waals surface area contributed by atoms with Gasteiger partial charge in [-0.05, 0) is 73.8 Å². The van der Waals surface area contributed by atoms with Crippen LogP contribution in [0.1, 0.15) is 58.8 Å². The maximum atomic E-state index is 14.1. The van der Waals surface area contributed by atoms with Crippen molar-refractivity contribution in [2.24, 2.45) is 34.5 Å². The van der Waals surface area contributed by atoms with E-state index < -0.39 is 17.6 Å². The second-order valence-electron chi connectivity index (χ2n) is 10.8. The van der Waals surface area contributed by atoms with Crippen molar-refractivity contribution in [2.75, 3.05) is 12.4 Å². The van der Waals surface area contributed by atoms with Crippen LogP contribution in [0.15, 0.2) is 36.0 Å². The predicted octanol–water partition coefficient (Wildman–Crippen LogP) is 5.37. The van der Waals surface area contributed by atoms with E-state index in [1.807, 2.05) is 0 Å². The van der Waals surface area contributed by atoms with Gasteiger partial charge in [-0.15, -0.1) is 0 Å². The number of para-hydroxylation sites is 1.